The van der Waals surface area contributed by atoms with Crippen LogP contribution in [0.15, 0.2) is 54.1 Å². The van der Waals surface area contributed by atoms with Gasteiger partial charge in [0.2, 0.25) is 0 Å². The van der Waals surface area contributed by atoms with Crippen molar-refractivity contribution >= 4 is 17.4 Å². The minimum atomic E-state index is -0.720. The lowest BCUT2D eigenvalue weighted by Crippen LogP contribution is -2.32. The van der Waals surface area contributed by atoms with Crippen LogP contribution >= 0.6 is 0 Å². The quantitative estimate of drug-likeness (QED) is 0.335. The Hall–Kier alpha value is -3.32. The highest BCUT2D eigenvalue weighted by molar-refractivity contribution is 6.46. The van der Waals surface area contributed by atoms with E-state index in [1.165, 1.54) is 0 Å². The van der Waals surface area contributed by atoms with Crippen molar-refractivity contribution in [3.63, 3.8) is 0 Å². The topological polar surface area (TPSA) is 79.3 Å². The van der Waals surface area contributed by atoms with E-state index in [1.54, 1.807) is 41.3 Å². The van der Waals surface area contributed by atoms with Crippen LogP contribution in [0.3, 0.4) is 0 Å². The molecule has 0 bridgehead atoms. The number of hydrogen-bond acceptors (Lipinski definition) is 6. The van der Waals surface area contributed by atoms with Gasteiger partial charge in [0.1, 0.15) is 5.76 Å². The predicted octanol–water partition coefficient (Wildman–Crippen LogP) is 3.86. The molecule has 7 heteroatoms. The molecule has 0 spiro atoms. The highest BCUT2D eigenvalue weighted by Gasteiger charge is 2.46. The molecule has 176 valence electrons. The van der Waals surface area contributed by atoms with Gasteiger partial charge in [-0.05, 0) is 58.6 Å². The number of nitrogens with zero attached hydrogens (tertiary/aromatic N) is 2. The molecular formula is C26H32N2O5. The van der Waals surface area contributed by atoms with Crippen molar-refractivity contribution in [2.45, 2.75) is 26.3 Å². The zero-order valence-electron chi connectivity index (χ0n) is 19.7. The van der Waals surface area contributed by atoms with Crippen LogP contribution < -0.4 is 9.47 Å². The first-order chi connectivity index (χ1) is 15.9. The Morgan fingerprint density at radius 3 is 2.30 bits per heavy atom. The maximum Gasteiger partial charge on any atom is 0.295 e. The number of carbonyl (C=O) groups is 2. The Kier molecular flexibility index (Phi) is 8.11. The molecule has 0 aromatic heterocycles. The maximum atomic E-state index is 13.1. The van der Waals surface area contributed by atoms with Crippen LogP contribution in [0, 0.1) is 0 Å². The number of benzene rings is 2. The summed E-state index contributed by atoms with van der Waals surface area (Å²) in [7, 11) is 3.92. The number of rotatable bonds is 10. The molecule has 2 aromatic rings. The molecule has 1 atom stereocenters. The van der Waals surface area contributed by atoms with Crippen LogP contribution in [0.4, 0.5) is 0 Å². The van der Waals surface area contributed by atoms with Gasteiger partial charge in [-0.3, -0.25) is 9.59 Å². The van der Waals surface area contributed by atoms with Crippen LogP contribution in [0.2, 0.25) is 0 Å². The first kappa shape index (κ1) is 24.3. The minimum Gasteiger partial charge on any atom is -0.507 e. The third kappa shape index (κ3) is 5.37. The monoisotopic (exact) mass is 452 g/mol. The van der Waals surface area contributed by atoms with Crippen LogP contribution in [0.1, 0.15) is 37.4 Å². The Morgan fingerprint density at radius 1 is 1.00 bits per heavy atom. The number of ether oxygens (including phenoxy) is 2. The fraction of sp³-hybridized carbons (Fsp3) is 0.385. The molecule has 0 saturated carbocycles. The summed E-state index contributed by atoms with van der Waals surface area (Å²) in [6.07, 6.45) is 0.692. The van der Waals surface area contributed by atoms with Gasteiger partial charge >= 0.3 is 0 Å². The van der Waals surface area contributed by atoms with Crippen LogP contribution in [-0.4, -0.2) is 67.0 Å². The first-order valence-electron chi connectivity index (χ1n) is 11.3. The number of hydrogen-bond donors (Lipinski definition) is 1. The minimum absolute atomic E-state index is 0.0858. The van der Waals surface area contributed by atoms with E-state index in [2.05, 4.69) is 0 Å². The van der Waals surface area contributed by atoms with E-state index in [-0.39, 0.29) is 11.3 Å². The van der Waals surface area contributed by atoms with Crippen molar-refractivity contribution in [3.05, 3.63) is 65.2 Å². The number of Topliss-reactive ketones (excluding diaryl/α,β-unsaturated/α-hetero) is 1. The van der Waals surface area contributed by atoms with Gasteiger partial charge in [0.05, 0.1) is 24.8 Å². The van der Waals surface area contributed by atoms with E-state index >= 15 is 0 Å². The van der Waals surface area contributed by atoms with Gasteiger partial charge in [-0.15, -0.1) is 0 Å². The number of carbonyl (C=O) groups excluding carboxylic acids is 2. The summed E-state index contributed by atoms with van der Waals surface area (Å²) >= 11 is 0. The number of ketones is 1. The molecule has 3 rings (SSSR count). The number of amides is 1. The molecule has 0 aliphatic carbocycles. The molecule has 1 fully saturated rings. The van der Waals surface area contributed by atoms with Crippen molar-refractivity contribution in [3.8, 4) is 11.5 Å². The third-order valence-corrected chi connectivity index (χ3v) is 5.47. The number of aliphatic hydroxyl groups excluding tert-OH is 1. The molecule has 7 nitrogen and oxygen atoms in total. The van der Waals surface area contributed by atoms with Crippen LogP contribution in [0.25, 0.3) is 5.76 Å². The molecule has 1 amide bonds. The van der Waals surface area contributed by atoms with Gasteiger partial charge in [-0.2, -0.15) is 0 Å². The molecule has 0 radical (unpaired) electrons. The van der Waals surface area contributed by atoms with Crippen molar-refractivity contribution in [2.24, 2.45) is 0 Å². The third-order valence-electron chi connectivity index (χ3n) is 5.47. The summed E-state index contributed by atoms with van der Waals surface area (Å²) in [6.45, 7) is 5.85. The van der Waals surface area contributed by atoms with Gasteiger partial charge in [0.15, 0.2) is 11.5 Å². The number of likely N-dealkylation sites (tertiary alicyclic amines) is 1. The molecular weight excluding hydrogens is 420 g/mol. The van der Waals surface area contributed by atoms with Crippen molar-refractivity contribution in [1.82, 2.24) is 9.80 Å². The Morgan fingerprint density at radius 2 is 1.67 bits per heavy atom. The highest BCUT2D eigenvalue weighted by atomic mass is 16.5. The van der Waals surface area contributed by atoms with Crippen molar-refractivity contribution in [2.75, 3.05) is 40.4 Å². The normalized spacial score (nSPS) is 17.6. The largest absolute Gasteiger partial charge is 0.507 e. The van der Waals surface area contributed by atoms with Gasteiger partial charge < -0.3 is 24.4 Å². The van der Waals surface area contributed by atoms with E-state index in [9.17, 15) is 14.7 Å². The summed E-state index contributed by atoms with van der Waals surface area (Å²) in [4.78, 5) is 29.7. The Bertz CT molecular complexity index is 1020. The SMILES string of the molecule is CCOc1ccc([C@@H]2/C(=C(\O)c3ccccc3)C(=O)C(=O)N2CCCN(C)C)cc1OCC. The van der Waals surface area contributed by atoms with Gasteiger partial charge in [0, 0.05) is 12.1 Å². The zero-order valence-corrected chi connectivity index (χ0v) is 19.7. The average molecular weight is 453 g/mol. The second-order valence-electron chi connectivity index (χ2n) is 8.09. The van der Waals surface area contributed by atoms with Crippen molar-refractivity contribution < 1.29 is 24.2 Å². The molecule has 1 N–H and O–H groups in total. The lowest BCUT2D eigenvalue weighted by molar-refractivity contribution is -0.139. The average Bonchev–Trinajstić information content (AvgIpc) is 3.05. The second-order valence-corrected chi connectivity index (χ2v) is 8.09. The van der Waals surface area contributed by atoms with E-state index < -0.39 is 17.7 Å². The maximum absolute atomic E-state index is 13.1. The summed E-state index contributed by atoms with van der Waals surface area (Å²) in [6, 6.07) is 13.5. The van der Waals surface area contributed by atoms with Gasteiger partial charge in [-0.1, -0.05) is 36.4 Å². The van der Waals surface area contributed by atoms with Gasteiger partial charge in [0.25, 0.3) is 11.7 Å². The fourth-order valence-electron chi connectivity index (χ4n) is 4.00. The molecule has 1 saturated heterocycles. The summed E-state index contributed by atoms with van der Waals surface area (Å²) in [5.74, 6) is -0.340. The smallest absolute Gasteiger partial charge is 0.295 e. The zero-order chi connectivity index (χ0) is 24.0. The van der Waals surface area contributed by atoms with Crippen LogP contribution in [0.5, 0.6) is 11.5 Å². The van der Waals surface area contributed by atoms with E-state index in [1.807, 2.05) is 45.0 Å². The van der Waals surface area contributed by atoms with Crippen LogP contribution in [-0.2, 0) is 9.59 Å². The summed E-state index contributed by atoms with van der Waals surface area (Å²) < 4.78 is 11.4. The lowest BCUT2D eigenvalue weighted by Gasteiger charge is -2.26. The Balaban J connectivity index is 2.12. The molecule has 1 aliphatic heterocycles. The highest BCUT2D eigenvalue weighted by Crippen LogP contribution is 2.42. The number of aliphatic hydroxyl groups is 1. The molecule has 0 unspecified atom stereocenters. The summed E-state index contributed by atoms with van der Waals surface area (Å²) in [5, 5.41) is 11.1. The molecule has 1 aliphatic rings. The Labute approximate surface area is 195 Å². The lowest BCUT2D eigenvalue weighted by atomic mass is 9.95. The molecule has 33 heavy (non-hydrogen) atoms. The summed E-state index contributed by atoms with van der Waals surface area (Å²) in [5.41, 5.74) is 1.26. The molecule has 1 heterocycles. The van der Waals surface area contributed by atoms with E-state index in [4.69, 9.17) is 9.47 Å². The second kappa shape index (κ2) is 11.0. The van der Waals surface area contributed by atoms with Crippen molar-refractivity contribution in [1.29, 1.82) is 0 Å². The van der Waals surface area contributed by atoms with E-state index in [0.717, 1.165) is 6.54 Å². The first-order valence-corrected chi connectivity index (χ1v) is 11.3. The van der Waals surface area contributed by atoms with Gasteiger partial charge in [-0.25, -0.2) is 0 Å². The fourth-order valence-corrected chi connectivity index (χ4v) is 4.00. The van der Waals surface area contributed by atoms with E-state index in [0.29, 0.717) is 48.8 Å². The standard InChI is InChI=1S/C26H32N2O5/c1-5-32-20-14-13-19(17-21(20)33-6-2)23-22(24(29)18-11-8-7-9-12-18)25(30)26(31)28(23)16-10-15-27(3)4/h7-9,11-14,17,23,29H,5-6,10,15-16H2,1-4H3/b24-22+/t23-/m1/s1. The predicted molar refractivity (Wildman–Crippen MR) is 127 cm³/mol. The molecule has 2 aromatic carbocycles.